The number of quaternary nitrogens is 1. The number of carbonyl (C=O) groups excluding carboxylic acids is 3. The largest absolute Gasteiger partial charge is 0.545 e. The first-order chi connectivity index (χ1) is 38.6. The van der Waals surface area contributed by atoms with Crippen molar-refractivity contribution in [3.8, 4) is 0 Å². The zero-order chi connectivity index (χ0) is 57.6. The van der Waals surface area contributed by atoms with Crippen molar-refractivity contribution in [2.75, 3.05) is 47.5 Å². The summed E-state index contributed by atoms with van der Waals surface area (Å²) in [6.45, 7) is 4.62. The van der Waals surface area contributed by atoms with Crippen LogP contribution < -0.4 is 5.11 Å². The predicted molar refractivity (Wildman–Crippen MR) is 334 cm³/mol. The Bertz CT molecular complexity index is 1620. The zero-order valence-electron chi connectivity index (χ0n) is 51.7. The number of carboxylic acid groups (broad SMARTS) is 1. The number of aliphatic carboxylic acids is 1. The molecule has 0 aliphatic heterocycles. The Hall–Kier alpha value is -3.79. The van der Waals surface area contributed by atoms with Crippen LogP contribution in [0.15, 0.2) is 97.2 Å². The van der Waals surface area contributed by atoms with Crippen LogP contribution in [-0.2, 0) is 33.3 Å². The Morgan fingerprint density at radius 3 is 1.09 bits per heavy atom. The van der Waals surface area contributed by atoms with Gasteiger partial charge in [-0.1, -0.05) is 259 Å². The molecule has 0 rings (SSSR count). The van der Waals surface area contributed by atoms with Crippen LogP contribution in [0.5, 0.6) is 0 Å². The normalized spacial score (nSPS) is 13.4. The van der Waals surface area contributed by atoms with Gasteiger partial charge in [0.2, 0.25) is 0 Å². The minimum absolute atomic E-state index is 0.145. The van der Waals surface area contributed by atoms with E-state index >= 15 is 0 Å². The van der Waals surface area contributed by atoms with Crippen LogP contribution in [0.2, 0.25) is 0 Å². The fraction of sp³-hybridized carbons (Fsp3) is 0.729. The summed E-state index contributed by atoms with van der Waals surface area (Å²) in [5.41, 5.74) is 0. The highest BCUT2D eigenvalue weighted by Crippen LogP contribution is 2.17. The lowest BCUT2D eigenvalue weighted by molar-refractivity contribution is -0.870. The minimum atomic E-state index is -1.62. The molecule has 2 atom stereocenters. The maximum Gasteiger partial charge on any atom is 0.306 e. The van der Waals surface area contributed by atoms with Gasteiger partial charge in [-0.15, -0.1) is 0 Å². The summed E-state index contributed by atoms with van der Waals surface area (Å²) >= 11 is 0. The van der Waals surface area contributed by atoms with E-state index in [1.54, 1.807) is 0 Å². The predicted octanol–water partition coefficient (Wildman–Crippen LogP) is 18.4. The molecule has 0 aromatic carbocycles. The van der Waals surface area contributed by atoms with Crippen LogP contribution in [-0.4, -0.2) is 82.3 Å². The molecule has 9 nitrogen and oxygen atoms in total. The second kappa shape index (κ2) is 60.3. The summed E-state index contributed by atoms with van der Waals surface area (Å²) in [6, 6.07) is 0. The Morgan fingerprint density at radius 1 is 0.392 bits per heavy atom. The van der Waals surface area contributed by atoms with E-state index in [0.29, 0.717) is 17.4 Å². The van der Waals surface area contributed by atoms with Gasteiger partial charge in [-0.25, -0.2) is 0 Å². The molecule has 0 bridgehead atoms. The standard InChI is InChI=1S/C70H121NO8/c1-6-8-10-12-14-16-18-20-21-22-23-24-25-26-27-28-29-30-31-32-33-34-35-36-37-38-39-40-41-42-43-44-45-46-47-49-51-53-55-57-59-61-68(73)79-66(65-78-70(69(74)75)76-63-62-71(3,4)5)64-77-67(72)60-58-56-54-52-50-48-19-17-15-13-11-9-7-2/h8,10,14,16-17,19-21,23-24,26-27,29-30,32-33,66,70H,6-7,9,11-13,15,18,22,25,28,31,34-65H2,1-5H3/b10-8-,16-14-,19-17-,21-20-,24-23-,27-26-,30-29-,33-32-. The van der Waals surface area contributed by atoms with Gasteiger partial charge in [0, 0.05) is 12.8 Å². The summed E-state index contributed by atoms with van der Waals surface area (Å²) in [6.07, 6.45) is 79.2. The number of likely N-dealkylation sites (N-methyl/N-ethyl adjacent to an activating group) is 1. The van der Waals surface area contributed by atoms with E-state index in [2.05, 4.69) is 111 Å². The van der Waals surface area contributed by atoms with Gasteiger partial charge in [0.25, 0.3) is 0 Å². The molecule has 0 aromatic heterocycles. The SMILES string of the molecule is CC/C=C\C/C=C\C/C=C\C/C=C\C/C=C\C/C=C\C/C=C\CCCCCCCCCCCCCCCCCCCCCC(=O)OC(COC(=O)CCCCCCC/C=C\CCCCCC)COC(OCC[N+](C)(C)C)C(=O)[O-]. The third-order valence-corrected chi connectivity index (χ3v) is 13.8. The third kappa shape index (κ3) is 61.7. The fourth-order valence-electron chi connectivity index (χ4n) is 8.87. The lowest BCUT2D eigenvalue weighted by Crippen LogP contribution is -2.44. The van der Waals surface area contributed by atoms with Crippen molar-refractivity contribution in [1.82, 2.24) is 0 Å². The van der Waals surface area contributed by atoms with E-state index in [-0.39, 0.29) is 38.6 Å². The van der Waals surface area contributed by atoms with Crippen LogP contribution in [0.4, 0.5) is 0 Å². The molecular weight excluding hydrogens is 983 g/mol. The van der Waals surface area contributed by atoms with Gasteiger partial charge in [-0.2, -0.15) is 0 Å². The summed E-state index contributed by atoms with van der Waals surface area (Å²) in [4.78, 5) is 37.3. The molecule has 0 spiro atoms. The van der Waals surface area contributed by atoms with E-state index in [0.717, 1.165) is 96.3 Å². The smallest absolute Gasteiger partial charge is 0.306 e. The molecule has 0 radical (unpaired) electrons. The summed E-state index contributed by atoms with van der Waals surface area (Å²) in [5.74, 6) is -2.29. The van der Waals surface area contributed by atoms with Crippen LogP contribution in [0.3, 0.4) is 0 Å². The Labute approximate surface area is 486 Å². The van der Waals surface area contributed by atoms with Crippen LogP contribution in [0.25, 0.3) is 0 Å². The first-order valence-electron chi connectivity index (χ1n) is 32.4. The minimum Gasteiger partial charge on any atom is -0.545 e. The molecule has 0 heterocycles. The van der Waals surface area contributed by atoms with E-state index in [9.17, 15) is 19.5 Å². The van der Waals surface area contributed by atoms with E-state index < -0.39 is 24.3 Å². The number of rotatable bonds is 59. The number of unbranched alkanes of at least 4 members (excludes halogenated alkanes) is 28. The molecule has 0 saturated heterocycles. The monoisotopic (exact) mass is 1100 g/mol. The number of nitrogens with zero attached hydrogens (tertiary/aromatic N) is 1. The quantitative estimate of drug-likeness (QED) is 0.0195. The molecular formula is C70H121NO8. The van der Waals surface area contributed by atoms with Crippen molar-refractivity contribution in [3.05, 3.63) is 97.2 Å². The van der Waals surface area contributed by atoms with E-state index in [1.807, 2.05) is 21.1 Å². The van der Waals surface area contributed by atoms with Gasteiger partial charge < -0.3 is 33.3 Å². The van der Waals surface area contributed by atoms with E-state index in [1.165, 1.54) is 141 Å². The lowest BCUT2D eigenvalue weighted by atomic mass is 10.0. The summed E-state index contributed by atoms with van der Waals surface area (Å²) in [5, 5.41) is 11.8. The lowest BCUT2D eigenvalue weighted by Gasteiger charge is -2.26. The average Bonchev–Trinajstić information content (AvgIpc) is 3.42. The number of ether oxygens (including phenoxy) is 4. The highest BCUT2D eigenvalue weighted by molar-refractivity contribution is 5.70. The van der Waals surface area contributed by atoms with Crippen molar-refractivity contribution in [3.63, 3.8) is 0 Å². The summed E-state index contributed by atoms with van der Waals surface area (Å²) < 4.78 is 22.7. The van der Waals surface area contributed by atoms with Crippen molar-refractivity contribution in [2.24, 2.45) is 0 Å². The van der Waals surface area contributed by atoms with Crippen LogP contribution in [0.1, 0.15) is 271 Å². The van der Waals surface area contributed by atoms with Crippen LogP contribution in [0, 0.1) is 0 Å². The van der Waals surface area contributed by atoms with Gasteiger partial charge in [-0.3, -0.25) is 9.59 Å². The van der Waals surface area contributed by atoms with Crippen molar-refractivity contribution >= 4 is 17.9 Å². The van der Waals surface area contributed by atoms with Crippen molar-refractivity contribution < 1.29 is 42.9 Å². The number of carbonyl (C=O) groups is 3. The number of hydrogen-bond acceptors (Lipinski definition) is 8. The second-order valence-electron chi connectivity index (χ2n) is 22.7. The average molecular weight is 1100 g/mol. The molecule has 9 heteroatoms. The molecule has 0 amide bonds. The second-order valence-corrected chi connectivity index (χ2v) is 22.7. The molecule has 454 valence electrons. The van der Waals surface area contributed by atoms with Gasteiger partial charge in [-0.05, 0) is 96.3 Å². The molecule has 0 aromatic rings. The maximum absolute atomic E-state index is 12.9. The highest BCUT2D eigenvalue weighted by Gasteiger charge is 2.22. The van der Waals surface area contributed by atoms with Crippen molar-refractivity contribution in [2.45, 2.75) is 283 Å². The van der Waals surface area contributed by atoms with Crippen molar-refractivity contribution in [1.29, 1.82) is 0 Å². The molecule has 0 N–H and O–H groups in total. The maximum atomic E-state index is 12.9. The number of carboxylic acids is 1. The zero-order valence-corrected chi connectivity index (χ0v) is 51.7. The Balaban J connectivity index is 3.98. The van der Waals surface area contributed by atoms with E-state index in [4.69, 9.17) is 18.9 Å². The number of hydrogen-bond donors (Lipinski definition) is 0. The number of allylic oxidation sites excluding steroid dienone is 16. The Kier molecular flexibility index (Phi) is 57.4. The topological polar surface area (TPSA) is 111 Å². The highest BCUT2D eigenvalue weighted by atomic mass is 16.7. The molecule has 0 aliphatic rings. The number of esters is 2. The van der Waals surface area contributed by atoms with Gasteiger partial charge in [0.1, 0.15) is 13.2 Å². The van der Waals surface area contributed by atoms with Crippen LogP contribution >= 0.6 is 0 Å². The molecule has 0 saturated carbocycles. The fourth-order valence-corrected chi connectivity index (χ4v) is 8.87. The molecule has 79 heavy (non-hydrogen) atoms. The van der Waals surface area contributed by atoms with Gasteiger partial charge >= 0.3 is 11.9 Å². The molecule has 2 unspecified atom stereocenters. The van der Waals surface area contributed by atoms with Gasteiger partial charge in [0.15, 0.2) is 12.4 Å². The van der Waals surface area contributed by atoms with Gasteiger partial charge in [0.05, 0.1) is 40.3 Å². The molecule has 0 fully saturated rings. The third-order valence-electron chi connectivity index (χ3n) is 13.8. The summed E-state index contributed by atoms with van der Waals surface area (Å²) in [7, 11) is 5.92. The first kappa shape index (κ1) is 75.2. The molecule has 0 aliphatic carbocycles. The first-order valence-corrected chi connectivity index (χ1v) is 32.4. The Morgan fingerprint density at radius 2 is 0.722 bits per heavy atom.